The van der Waals surface area contributed by atoms with E-state index in [1.807, 2.05) is 12.3 Å². The molecule has 2 heteroatoms. The van der Waals surface area contributed by atoms with Gasteiger partial charge in [-0.2, -0.15) is 0 Å². The molecule has 0 aromatic carbocycles. The van der Waals surface area contributed by atoms with Gasteiger partial charge in [0, 0.05) is 23.9 Å². The van der Waals surface area contributed by atoms with Gasteiger partial charge in [0.15, 0.2) is 0 Å². The van der Waals surface area contributed by atoms with Crippen molar-refractivity contribution < 1.29 is 0 Å². The summed E-state index contributed by atoms with van der Waals surface area (Å²) < 4.78 is 0. The van der Waals surface area contributed by atoms with Gasteiger partial charge in [0.25, 0.3) is 0 Å². The van der Waals surface area contributed by atoms with Gasteiger partial charge in [0.2, 0.25) is 0 Å². The fourth-order valence-electron chi connectivity index (χ4n) is 2.47. The minimum absolute atomic E-state index is 0.619. The van der Waals surface area contributed by atoms with Gasteiger partial charge in [-0.3, -0.25) is 4.98 Å². The zero-order valence-electron chi connectivity index (χ0n) is 9.61. The second-order valence-electron chi connectivity index (χ2n) is 4.84. The average Bonchev–Trinajstić information content (AvgIpc) is 2.66. The summed E-state index contributed by atoms with van der Waals surface area (Å²) in [7, 11) is 0. The predicted octanol–water partition coefficient (Wildman–Crippen LogP) is 2.57. The first kappa shape index (κ1) is 10.6. The molecular formula is C13H20N2. The van der Waals surface area contributed by atoms with Gasteiger partial charge in [0.05, 0.1) is 0 Å². The Hall–Kier alpha value is -0.890. The molecule has 0 spiro atoms. The highest BCUT2D eigenvalue weighted by molar-refractivity contribution is 5.14. The van der Waals surface area contributed by atoms with Crippen molar-refractivity contribution in [2.24, 2.45) is 5.92 Å². The van der Waals surface area contributed by atoms with Gasteiger partial charge in [-0.05, 0) is 37.4 Å². The van der Waals surface area contributed by atoms with Crippen LogP contribution in [0.4, 0.5) is 0 Å². The van der Waals surface area contributed by atoms with Gasteiger partial charge in [0.1, 0.15) is 0 Å². The number of nitrogens with zero attached hydrogens (tertiary/aromatic N) is 1. The van der Waals surface area contributed by atoms with E-state index in [-0.39, 0.29) is 0 Å². The number of nitrogens with one attached hydrogen (secondary N) is 1. The SMILES string of the molecule is CC(C)CC1NCCC1c1ccccn1. The van der Waals surface area contributed by atoms with Crippen LogP contribution >= 0.6 is 0 Å². The third-order valence-electron chi connectivity index (χ3n) is 3.14. The van der Waals surface area contributed by atoms with E-state index < -0.39 is 0 Å². The first-order chi connectivity index (χ1) is 7.27. The zero-order valence-corrected chi connectivity index (χ0v) is 9.61. The number of hydrogen-bond donors (Lipinski definition) is 1. The number of rotatable bonds is 3. The van der Waals surface area contributed by atoms with Crippen LogP contribution in [-0.4, -0.2) is 17.6 Å². The van der Waals surface area contributed by atoms with E-state index in [0.717, 1.165) is 12.5 Å². The highest BCUT2D eigenvalue weighted by atomic mass is 15.0. The normalized spacial score (nSPS) is 26.1. The first-order valence-corrected chi connectivity index (χ1v) is 5.91. The van der Waals surface area contributed by atoms with Crippen LogP contribution in [0.25, 0.3) is 0 Å². The van der Waals surface area contributed by atoms with Gasteiger partial charge < -0.3 is 5.32 Å². The van der Waals surface area contributed by atoms with E-state index in [1.165, 1.54) is 18.5 Å². The largest absolute Gasteiger partial charge is 0.313 e. The van der Waals surface area contributed by atoms with E-state index >= 15 is 0 Å². The highest BCUT2D eigenvalue weighted by Crippen LogP contribution is 2.29. The summed E-state index contributed by atoms with van der Waals surface area (Å²) in [6, 6.07) is 6.86. The third-order valence-corrected chi connectivity index (χ3v) is 3.14. The molecule has 1 N–H and O–H groups in total. The van der Waals surface area contributed by atoms with Gasteiger partial charge in [-0.15, -0.1) is 0 Å². The van der Waals surface area contributed by atoms with Crippen LogP contribution in [0.1, 0.15) is 38.3 Å². The molecule has 15 heavy (non-hydrogen) atoms. The molecule has 2 rings (SSSR count). The zero-order chi connectivity index (χ0) is 10.7. The molecule has 2 atom stereocenters. The summed E-state index contributed by atoms with van der Waals surface area (Å²) in [6.45, 7) is 5.71. The molecular weight excluding hydrogens is 184 g/mol. The maximum Gasteiger partial charge on any atom is 0.0450 e. The predicted molar refractivity (Wildman–Crippen MR) is 62.8 cm³/mol. The molecule has 0 amide bonds. The Morgan fingerprint density at radius 2 is 2.33 bits per heavy atom. The fraction of sp³-hybridized carbons (Fsp3) is 0.615. The molecule has 2 nitrogen and oxygen atoms in total. The summed E-state index contributed by atoms with van der Waals surface area (Å²) in [6.07, 6.45) is 4.38. The van der Waals surface area contributed by atoms with Crippen LogP contribution < -0.4 is 5.32 Å². The van der Waals surface area contributed by atoms with Crippen molar-refractivity contribution in [1.82, 2.24) is 10.3 Å². The monoisotopic (exact) mass is 204 g/mol. The third kappa shape index (κ3) is 2.57. The van der Waals surface area contributed by atoms with Crippen LogP contribution in [-0.2, 0) is 0 Å². The summed E-state index contributed by atoms with van der Waals surface area (Å²) >= 11 is 0. The Labute approximate surface area is 92.1 Å². The molecule has 1 aromatic rings. The Bertz CT molecular complexity index is 295. The maximum absolute atomic E-state index is 4.48. The lowest BCUT2D eigenvalue weighted by molar-refractivity contribution is 0.430. The Balaban J connectivity index is 2.08. The molecule has 1 fully saturated rings. The Morgan fingerprint density at radius 3 is 3.00 bits per heavy atom. The molecule has 1 aliphatic heterocycles. The van der Waals surface area contributed by atoms with Crippen LogP contribution in [0, 0.1) is 5.92 Å². The van der Waals surface area contributed by atoms with Crippen LogP contribution in [0.5, 0.6) is 0 Å². The van der Waals surface area contributed by atoms with E-state index in [4.69, 9.17) is 0 Å². The minimum Gasteiger partial charge on any atom is -0.313 e. The highest BCUT2D eigenvalue weighted by Gasteiger charge is 2.29. The molecule has 0 aliphatic carbocycles. The van der Waals surface area contributed by atoms with E-state index in [1.54, 1.807) is 0 Å². The van der Waals surface area contributed by atoms with E-state index in [0.29, 0.717) is 12.0 Å². The van der Waals surface area contributed by atoms with Gasteiger partial charge in [-0.1, -0.05) is 19.9 Å². The number of hydrogen-bond acceptors (Lipinski definition) is 2. The summed E-state index contributed by atoms with van der Waals surface area (Å²) in [5, 5.41) is 3.60. The molecule has 82 valence electrons. The van der Waals surface area contributed by atoms with Crippen LogP contribution in [0.15, 0.2) is 24.4 Å². The molecule has 0 radical (unpaired) electrons. The number of aromatic nitrogens is 1. The van der Waals surface area contributed by atoms with Crippen molar-refractivity contribution in [3.05, 3.63) is 30.1 Å². The standard InChI is InChI=1S/C13H20N2/c1-10(2)9-13-11(6-8-15-13)12-5-3-4-7-14-12/h3-5,7,10-11,13,15H,6,8-9H2,1-2H3. The fourth-order valence-corrected chi connectivity index (χ4v) is 2.47. The average molecular weight is 204 g/mol. The Kier molecular flexibility index (Phi) is 3.37. The molecule has 2 unspecified atom stereocenters. The first-order valence-electron chi connectivity index (χ1n) is 5.91. The molecule has 1 aromatic heterocycles. The van der Waals surface area contributed by atoms with Crippen molar-refractivity contribution in [2.75, 3.05) is 6.54 Å². The second kappa shape index (κ2) is 4.75. The topological polar surface area (TPSA) is 24.9 Å². The van der Waals surface area contributed by atoms with Crippen molar-refractivity contribution >= 4 is 0 Å². The van der Waals surface area contributed by atoms with Crippen molar-refractivity contribution in [3.63, 3.8) is 0 Å². The van der Waals surface area contributed by atoms with Gasteiger partial charge >= 0.3 is 0 Å². The lowest BCUT2D eigenvalue weighted by Gasteiger charge is -2.20. The molecule has 0 saturated carbocycles. The lowest BCUT2D eigenvalue weighted by Crippen LogP contribution is -2.27. The van der Waals surface area contributed by atoms with Crippen molar-refractivity contribution in [3.8, 4) is 0 Å². The summed E-state index contributed by atoms with van der Waals surface area (Å²) in [4.78, 5) is 4.48. The second-order valence-corrected chi connectivity index (χ2v) is 4.84. The van der Waals surface area contributed by atoms with Gasteiger partial charge in [-0.25, -0.2) is 0 Å². The molecule has 1 saturated heterocycles. The van der Waals surface area contributed by atoms with Crippen molar-refractivity contribution in [1.29, 1.82) is 0 Å². The van der Waals surface area contributed by atoms with Crippen molar-refractivity contribution in [2.45, 2.75) is 38.6 Å². The minimum atomic E-state index is 0.619. The van der Waals surface area contributed by atoms with Crippen LogP contribution in [0.2, 0.25) is 0 Å². The van der Waals surface area contributed by atoms with E-state index in [9.17, 15) is 0 Å². The Morgan fingerprint density at radius 1 is 1.47 bits per heavy atom. The molecule has 1 aliphatic rings. The van der Waals surface area contributed by atoms with E-state index in [2.05, 4.69) is 36.3 Å². The number of pyridine rings is 1. The lowest BCUT2D eigenvalue weighted by atomic mass is 9.90. The maximum atomic E-state index is 4.48. The van der Waals surface area contributed by atoms with Crippen LogP contribution in [0.3, 0.4) is 0 Å². The summed E-state index contributed by atoms with van der Waals surface area (Å²) in [5.74, 6) is 1.38. The summed E-state index contributed by atoms with van der Waals surface area (Å²) in [5.41, 5.74) is 1.26. The smallest absolute Gasteiger partial charge is 0.0450 e. The molecule has 2 heterocycles. The molecule has 0 bridgehead atoms. The quantitative estimate of drug-likeness (QED) is 0.818.